The highest BCUT2D eigenvalue weighted by Gasteiger charge is 2.12. The maximum Gasteiger partial charge on any atom is 0.335 e. The lowest BCUT2D eigenvalue weighted by atomic mass is 10.1. The van der Waals surface area contributed by atoms with Gasteiger partial charge in [0.1, 0.15) is 11.6 Å². The first-order chi connectivity index (χ1) is 9.47. The van der Waals surface area contributed by atoms with Crippen molar-refractivity contribution in [1.82, 2.24) is 0 Å². The number of rotatable bonds is 4. The monoisotopic (exact) mass is 277 g/mol. The molecule has 0 radical (unpaired) electrons. The van der Waals surface area contributed by atoms with Crippen LogP contribution in [0.3, 0.4) is 0 Å². The molecule has 0 aromatic heterocycles. The van der Waals surface area contributed by atoms with Crippen LogP contribution in [0.5, 0.6) is 0 Å². The molecule has 1 N–H and O–H groups in total. The van der Waals surface area contributed by atoms with E-state index >= 15 is 0 Å². The van der Waals surface area contributed by atoms with Crippen LogP contribution < -0.4 is 4.90 Å². The lowest BCUT2D eigenvalue weighted by molar-refractivity contribution is 0.0696. The van der Waals surface area contributed by atoms with E-state index in [0.29, 0.717) is 12.1 Å². The molecule has 0 bridgehead atoms. The van der Waals surface area contributed by atoms with E-state index in [-0.39, 0.29) is 17.1 Å². The molecule has 0 spiro atoms. The lowest BCUT2D eigenvalue weighted by Gasteiger charge is -2.20. The van der Waals surface area contributed by atoms with E-state index in [9.17, 15) is 13.6 Å². The van der Waals surface area contributed by atoms with E-state index in [2.05, 4.69) is 0 Å². The fraction of sp³-hybridized carbons (Fsp3) is 0.133. The Bertz CT molecular complexity index is 644. The molecule has 2 aromatic carbocycles. The fourth-order valence-corrected chi connectivity index (χ4v) is 1.94. The second-order valence-corrected chi connectivity index (χ2v) is 4.46. The molecule has 0 aliphatic heterocycles. The SMILES string of the molecule is CN(Cc1cccc(F)c1)c1ccc(C(=O)O)cc1F. The number of anilines is 1. The van der Waals surface area contributed by atoms with Crippen LogP contribution >= 0.6 is 0 Å². The molecule has 0 atom stereocenters. The topological polar surface area (TPSA) is 40.5 Å². The molecule has 0 saturated heterocycles. The zero-order valence-electron chi connectivity index (χ0n) is 10.8. The van der Waals surface area contributed by atoms with Gasteiger partial charge in [0.25, 0.3) is 0 Å². The summed E-state index contributed by atoms with van der Waals surface area (Å²) in [7, 11) is 1.66. The highest BCUT2D eigenvalue weighted by Crippen LogP contribution is 2.21. The average molecular weight is 277 g/mol. The smallest absolute Gasteiger partial charge is 0.335 e. The highest BCUT2D eigenvalue weighted by molar-refractivity contribution is 5.88. The van der Waals surface area contributed by atoms with Gasteiger partial charge in [-0.05, 0) is 35.9 Å². The molecule has 0 amide bonds. The van der Waals surface area contributed by atoms with E-state index in [1.807, 2.05) is 0 Å². The van der Waals surface area contributed by atoms with Crippen LogP contribution in [0.2, 0.25) is 0 Å². The number of carboxylic acid groups (broad SMARTS) is 1. The lowest BCUT2D eigenvalue weighted by Crippen LogP contribution is -2.18. The Morgan fingerprint density at radius 1 is 1.20 bits per heavy atom. The van der Waals surface area contributed by atoms with Crippen LogP contribution in [-0.4, -0.2) is 18.1 Å². The van der Waals surface area contributed by atoms with Crippen molar-refractivity contribution in [3.8, 4) is 0 Å². The third-order valence-electron chi connectivity index (χ3n) is 2.91. The molecule has 0 unspecified atom stereocenters. The zero-order chi connectivity index (χ0) is 14.7. The number of benzene rings is 2. The van der Waals surface area contributed by atoms with Gasteiger partial charge in [0, 0.05) is 13.6 Å². The Morgan fingerprint density at radius 2 is 1.95 bits per heavy atom. The van der Waals surface area contributed by atoms with Gasteiger partial charge >= 0.3 is 5.97 Å². The minimum atomic E-state index is -1.18. The third-order valence-corrected chi connectivity index (χ3v) is 2.91. The van der Waals surface area contributed by atoms with Gasteiger partial charge in [-0.1, -0.05) is 12.1 Å². The Balaban J connectivity index is 2.21. The number of hydrogen-bond acceptors (Lipinski definition) is 2. The van der Waals surface area contributed by atoms with Crippen molar-refractivity contribution in [2.45, 2.75) is 6.54 Å². The van der Waals surface area contributed by atoms with E-state index in [1.54, 1.807) is 24.1 Å². The first-order valence-electron chi connectivity index (χ1n) is 5.96. The second-order valence-electron chi connectivity index (χ2n) is 4.46. The van der Waals surface area contributed by atoms with Crippen molar-refractivity contribution >= 4 is 11.7 Å². The van der Waals surface area contributed by atoms with Gasteiger partial charge in [-0.2, -0.15) is 0 Å². The number of halogens is 2. The number of aromatic carboxylic acids is 1. The number of carbonyl (C=O) groups is 1. The van der Waals surface area contributed by atoms with Crippen LogP contribution in [0.25, 0.3) is 0 Å². The molecule has 2 aromatic rings. The summed E-state index contributed by atoms with van der Waals surface area (Å²) in [6, 6.07) is 9.75. The predicted octanol–water partition coefficient (Wildman–Crippen LogP) is 3.30. The average Bonchev–Trinajstić information content (AvgIpc) is 2.38. The molecule has 0 saturated carbocycles. The van der Waals surface area contributed by atoms with Gasteiger partial charge in [-0.3, -0.25) is 0 Å². The van der Waals surface area contributed by atoms with Crippen molar-refractivity contribution in [3.05, 3.63) is 65.2 Å². The minimum Gasteiger partial charge on any atom is -0.478 e. The van der Waals surface area contributed by atoms with Crippen LogP contribution in [0.4, 0.5) is 14.5 Å². The quantitative estimate of drug-likeness (QED) is 0.932. The van der Waals surface area contributed by atoms with Gasteiger partial charge in [0.2, 0.25) is 0 Å². The molecule has 0 aliphatic carbocycles. The van der Waals surface area contributed by atoms with Crippen molar-refractivity contribution in [1.29, 1.82) is 0 Å². The molecule has 0 heterocycles. The summed E-state index contributed by atoms with van der Waals surface area (Å²) in [5, 5.41) is 8.78. The summed E-state index contributed by atoms with van der Waals surface area (Å²) in [4.78, 5) is 12.3. The van der Waals surface area contributed by atoms with E-state index in [1.165, 1.54) is 24.3 Å². The van der Waals surface area contributed by atoms with Gasteiger partial charge in [0.05, 0.1) is 11.3 Å². The first kappa shape index (κ1) is 14.0. The normalized spacial score (nSPS) is 10.3. The maximum absolute atomic E-state index is 13.9. The Kier molecular flexibility index (Phi) is 3.98. The first-order valence-corrected chi connectivity index (χ1v) is 5.96. The molecule has 0 aliphatic rings. The summed E-state index contributed by atoms with van der Waals surface area (Å²) >= 11 is 0. The fourth-order valence-electron chi connectivity index (χ4n) is 1.94. The predicted molar refractivity (Wildman–Crippen MR) is 71.9 cm³/mol. The van der Waals surface area contributed by atoms with Gasteiger partial charge in [0.15, 0.2) is 0 Å². The highest BCUT2D eigenvalue weighted by atomic mass is 19.1. The van der Waals surface area contributed by atoms with Crippen LogP contribution in [-0.2, 0) is 6.54 Å². The Hall–Kier alpha value is -2.43. The van der Waals surface area contributed by atoms with E-state index in [4.69, 9.17) is 5.11 Å². The van der Waals surface area contributed by atoms with E-state index < -0.39 is 11.8 Å². The summed E-state index contributed by atoms with van der Waals surface area (Å²) < 4.78 is 26.9. The molecule has 3 nitrogen and oxygen atoms in total. The van der Waals surface area contributed by atoms with Crippen LogP contribution in [0, 0.1) is 11.6 Å². The minimum absolute atomic E-state index is 0.106. The van der Waals surface area contributed by atoms with Gasteiger partial charge in [-0.15, -0.1) is 0 Å². The molecule has 0 fully saturated rings. The van der Waals surface area contributed by atoms with Crippen LogP contribution in [0.15, 0.2) is 42.5 Å². The van der Waals surface area contributed by atoms with E-state index in [0.717, 1.165) is 6.07 Å². The summed E-state index contributed by atoms with van der Waals surface area (Å²) in [6.45, 7) is 0.321. The maximum atomic E-state index is 13.9. The van der Waals surface area contributed by atoms with Crippen molar-refractivity contribution < 1.29 is 18.7 Å². The summed E-state index contributed by atoms with van der Waals surface area (Å²) in [5.41, 5.74) is 0.860. The van der Waals surface area contributed by atoms with Gasteiger partial charge in [-0.25, -0.2) is 13.6 Å². The molecular formula is C15H13F2NO2. The zero-order valence-corrected chi connectivity index (χ0v) is 10.8. The second kappa shape index (κ2) is 5.69. The van der Waals surface area contributed by atoms with Crippen LogP contribution in [0.1, 0.15) is 15.9 Å². The standard InChI is InChI=1S/C15H13F2NO2/c1-18(9-10-3-2-4-12(16)7-10)14-6-5-11(15(19)20)8-13(14)17/h2-8H,9H2,1H3,(H,19,20). The van der Waals surface area contributed by atoms with Gasteiger partial charge < -0.3 is 10.0 Å². The summed E-state index contributed by atoms with van der Waals surface area (Å²) in [5.74, 6) is -2.15. The van der Waals surface area contributed by atoms with Crippen molar-refractivity contribution in [2.24, 2.45) is 0 Å². The third kappa shape index (κ3) is 3.12. The molecule has 5 heteroatoms. The molecule has 2 rings (SSSR count). The van der Waals surface area contributed by atoms with Crippen molar-refractivity contribution in [2.75, 3.05) is 11.9 Å². The Morgan fingerprint density at radius 3 is 2.55 bits per heavy atom. The molecular weight excluding hydrogens is 264 g/mol. The number of carboxylic acids is 1. The number of nitrogens with zero attached hydrogens (tertiary/aromatic N) is 1. The van der Waals surface area contributed by atoms with Crippen molar-refractivity contribution in [3.63, 3.8) is 0 Å². The largest absolute Gasteiger partial charge is 0.478 e. The molecule has 20 heavy (non-hydrogen) atoms. The number of hydrogen-bond donors (Lipinski definition) is 1. The summed E-state index contributed by atoms with van der Waals surface area (Å²) in [6.07, 6.45) is 0. The molecule has 104 valence electrons. The Labute approximate surface area is 115 Å².